The third kappa shape index (κ3) is 7.30. The van der Waals surface area contributed by atoms with Gasteiger partial charge in [0.25, 0.3) is 0 Å². The molecule has 2 aromatic carbocycles. The fourth-order valence-electron chi connectivity index (χ4n) is 4.16. The highest BCUT2D eigenvalue weighted by atomic mass is 19.4. The standard InChI is InChI=1S/C25H29F3N2O4/c26-25(27,28)21-9-2-6-19(16-21)17-22(31)11-14-29-12-4-10-23(32)30(29)13-3-7-18-5-1-8-20(15-18)24(33)34/h1-2,5-6,8-9,15-16,22,31H,3-4,7,10-14,17H2,(H,33,34). The molecule has 1 saturated heterocycles. The van der Waals surface area contributed by atoms with Gasteiger partial charge in [-0.1, -0.05) is 30.3 Å². The number of hydrogen-bond donors (Lipinski definition) is 2. The molecule has 0 spiro atoms. The van der Waals surface area contributed by atoms with E-state index in [0.717, 1.165) is 17.7 Å². The van der Waals surface area contributed by atoms with Crippen molar-refractivity contribution in [2.45, 2.75) is 50.8 Å². The molecule has 0 saturated carbocycles. The van der Waals surface area contributed by atoms with Crippen LogP contribution in [0.15, 0.2) is 48.5 Å². The summed E-state index contributed by atoms with van der Waals surface area (Å²) in [7, 11) is 0. The zero-order chi connectivity index (χ0) is 24.7. The van der Waals surface area contributed by atoms with Crippen LogP contribution in [0.2, 0.25) is 0 Å². The minimum Gasteiger partial charge on any atom is -0.478 e. The van der Waals surface area contributed by atoms with E-state index in [4.69, 9.17) is 5.11 Å². The lowest BCUT2D eigenvalue weighted by molar-refractivity contribution is -0.156. The number of benzene rings is 2. The molecule has 1 amide bonds. The van der Waals surface area contributed by atoms with E-state index in [9.17, 15) is 27.9 Å². The average molecular weight is 479 g/mol. The Bertz CT molecular complexity index is 996. The van der Waals surface area contributed by atoms with Crippen molar-refractivity contribution < 1.29 is 33.0 Å². The lowest BCUT2D eigenvalue weighted by Crippen LogP contribution is -2.51. The summed E-state index contributed by atoms with van der Waals surface area (Å²) in [6, 6.07) is 11.7. The van der Waals surface area contributed by atoms with Crippen molar-refractivity contribution in [2.24, 2.45) is 0 Å². The fourth-order valence-corrected chi connectivity index (χ4v) is 4.16. The van der Waals surface area contributed by atoms with Gasteiger partial charge < -0.3 is 10.2 Å². The second kappa shape index (κ2) is 11.5. The number of aryl methyl sites for hydroxylation is 1. The maximum Gasteiger partial charge on any atom is 0.416 e. The Morgan fingerprint density at radius 3 is 2.53 bits per heavy atom. The molecule has 0 aliphatic carbocycles. The molecule has 2 aromatic rings. The number of amides is 1. The SMILES string of the molecule is O=C(O)c1cccc(CCCN2C(=O)CCCN2CCC(O)Cc2cccc(C(F)(F)F)c2)c1. The Balaban J connectivity index is 1.52. The van der Waals surface area contributed by atoms with Crippen LogP contribution in [0.25, 0.3) is 0 Å². The highest BCUT2D eigenvalue weighted by Crippen LogP contribution is 2.30. The first-order chi connectivity index (χ1) is 16.1. The predicted molar refractivity (Wildman–Crippen MR) is 120 cm³/mol. The van der Waals surface area contributed by atoms with E-state index in [0.29, 0.717) is 57.3 Å². The lowest BCUT2D eigenvalue weighted by Gasteiger charge is -2.39. The molecule has 1 fully saturated rings. The van der Waals surface area contributed by atoms with Crippen LogP contribution >= 0.6 is 0 Å². The van der Waals surface area contributed by atoms with E-state index >= 15 is 0 Å². The molecule has 1 aliphatic heterocycles. The van der Waals surface area contributed by atoms with Gasteiger partial charge in [-0.05, 0) is 61.4 Å². The van der Waals surface area contributed by atoms with Crippen molar-refractivity contribution in [3.8, 4) is 0 Å². The molecule has 1 aliphatic rings. The van der Waals surface area contributed by atoms with E-state index in [2.05, 4.69) is 0 Å². The van der Waals surface area contributed by atoms with E-state index in [1.807, 2.05) is 11.1 Å². The maximum absolute atomic E-state index is 12.9. The van der Waals surface area contributed by atoms with Crippen LogP contribution in [0.1, 0.15) is 52.7 Å². The normalized spacial score (nSPS) is 16.0. The van der Waals surface area contributed by atoms with E-state index < -0.39 is 23.8 Å². The predicted octanol–water partition coefficient (Wildman–Crippen LogP) is 4.17. The Hall–Kier alpha value is -2.91. The van der Waals surface area contributed by atoms with E-state index in [-0.39, 0.29) is 17.9 Å². The van der Waals surface area contributed by atoms with Gasteiger partial charge in [-0.15, -0.1) is 0 Å². The Morgan fingerprint density at radius 2 is 1.79 bits per heavy atom. The highest BCUT2D eigenvalue weighted by Gasteiger charge is 2.30. The quantitative estimate of drug-likeness (QED) is 0.536. The van der Waals surface area contributed by atoms with Gasteiger partial charge in [-0.2, -0.15) is 13.2 Å². The number of hydrogen-bond acceptors (Lipinski definition) is 4. The molecular formula is C25H29F3N2O4. The summed E-state index contributed by atoms with van der Waals surface area (Å²) in [6.45, 7) is 1.55. The Morgan fingerprint density at radius 1 is 1.06 bits per heavy atom. The molecule has 6 nitrogen and oxygen atoms in total. The fraction of sp³-hybridized carbons (Fsp3) is 0.440. The third-order valence-corrected chi connectivity index (χ3v) is 5.89. The number of alkyl halides is 3. The molecule has 0 bridgehead atoms. The van der Waals surface area contributed by atoms with Gasteiger partial charge >= 0.3 is 12.1 Å². The van der Waals surface area contributed by atoms with Crippen molar-refractivity contribution >= 4 is 11.9 Å². The molecule has 0 radical (unpaired) electrons. The van der Waals surface area contributed by atoms with Gasteiger partial charge in [0.15, 0.2) is 0 Å². The first-order valence-electron chi connectivity index (χ1n) is 11.3. The summed E-state index contributed by atoms with van der Waals surface area (Å²) in [4.78, 5) is 23.6. The summed E-state index contributed by atoms with van der Waals surface area (Å²) in [5, 5.41) is 23.1. The number of rotatable bonds is 10. The number of aromatic carboxylic acids is 1. The van der Waals surface area contributed by atoms with E-state index in [1.165, 1.54) is 12.1 Å². The van der Waals surface area contributed by atoms with Gasteiger partial charge in [0.2, 0.25) is 5.91 Å². The van der Waals surface area contributed by atoms with Crippen LogP contribution in [0.5, 0.6) is 0 Å². The van der Waals surface area contributed by atoms with Crippen LogP contribution in [0, 0.1) is 0 Å². The molecule has 1 heterocycles. The van der Waals surface area contributed by atoms with Crippen molar-refractivity contribution in [3.05, 3.63) is 70.8 Å². The summed E-state index contributed by atoms with van der Waals surface area (Å²) >= 11 is 0. The Kier molecular flexibility index (Phi) is 8.68. The van der Waals surface area contributed by atoms with Gasteiger partial charge in [-0.25, -0.2) is 9.80 Å². The van der Waals surface area contributed by atoms with Crippen molar-refractivity contribution in [1.82, 2.24) is 10.0 Å². The number of nitrogens with zero attached hydrogens (tertiary/aromatic N) is 2. The number of aliphatic hydroxyl groups is 1. The minimum absolute atomic E-state index is 0.00194. The number of hydrazine groups is 1. The summed E-state index contributed by atoms with van der Waals surface area (Å²) in [5.74, 6) is -0.985. The molecule has 3 rings (SSSR count). The second-order valence-corrected chi connectivity index (χ2v) is 8.53. The highest BCUT2D eigenvalue weighted by molar-refractivity contribution is 5.87. The van der Waals surface area contributed by atoms with Crippen molar-refractivity contribution in [2.75, 3.05) is 19.6 Å². The number of carbonyl (C=O) groups excluding carboxylic acids is 1. The summed E-state index contributed by atoms with van der Waals surface area (Å²) in [5.41, 5.74) is 0.784. The first kappa shape index (κ1) is 25.7. The summed E-state index contributed by atoms with van der Waals surface area (Å²) in [6.07, 6.45) is -2.41. The maximum atomic E-state index is 12.9. The van der Waals surface area contributed by atoms with Gasteiger partial charge in [0, 0.05) is 26.1 Å². The van der Waals surface area contributed by atoms with Crippen LogP contribution in [-0.4, -0.2) is 57.8 Å². The molecule has 34 heavy (non-hydrogen) atoms. The largest absolute Gasteiger partial charge is 0.478 e. The van der Waals surface area contributed by atoms with Crippen LogP contribution in [0.4, 0.5) is 13.2 Å². The Labute approximate surface area is 196 Å². The molecule has 1 atom stereocenters. The topological polar surface area (TPSA) is 81.1 Å². The monoisotopic (exact) mass is 478 g/mol. The van der Waals surface area contributed by atoms with Crippen LogP contribution in [0.3, 0.4) is 0 Å². The number of aliphatic hydroxyl groups excluding tert-OH is 1. The van der Waals surface area contributed by atoms with E-state index in [1.54, 1.807) is 23.2 Å². The molecule has 2 N–H and O–H groups in total. The molecular weight excluding hydrogens is 449 g/mol. The third-order valence-electron chi connectivity index (χ3n) is 5.89. The number of carboxylic acids is 1. The molecule has 184 valence electrons. The number of carboxylic acid groups (broad SMARTS) is 1. The molecule has 0 aromatic heterocycles. The van der Waals surface area contributed by atoms with Crippen molar-refractivity contribution in [3.63, 3.8) is 0 Å². The van der Waals surface area contributed by atoms with Crippen molar-refractivity contribution in [1.29, 1.82) is 0 Å². The van der Waals surface area contributed by atoms with Gasteiger partial charge in [0.1, 0.15) is 0 Å². The molecule has 9 heteroatoms. The number of carbonyl (C=O) groups is 2. The van der Waals surface area contributed by atoms with Crippen LogP contribution in [-0.2, 0) is 23.8 Å². The smallest absolute Gasteiger partial charge is 0.416 e. The van der Waals surface area contributed by atoms with Crippen LogP contribution < -0.4 is 0 Å². The number of halogens is 3. The average Bonchev–Trinajstić information content (AvgIpc) is 2.79. The van der Waals surface area contributed by atoms with Gasteiger partial charge in [-0.3, -0.25) is 9.80 Å². The van der Waals surface area contributed by atoms with Gasteiger partial charge in [0.05, 0.1) is 17.2 Å². The lowest BCUT2D eigenvalue weighted by atomic mass is 10.0. The zero-order valence-corrected chi connectivity index (χ0v) is 18.8. The zero-order valence-electron chi connectivity index (χ0n) is 18.8. The summed E-state index contributed by atoms with van der Waals surface area (Å²) < 4.78 is 38.7. The first-order valence-corrected chi connectivity index (χ1v) is 11.3. The minimum atomic E-state index is -4.43. The molecule has 1 unspecified atom stereocenters. The second-order valence-electron chi connectivity index (χ2n) is 8.53.